The summed E-state index contributed by atoms with van der Waals surface area (Å²) >= 11 is 17.9. The number of nitrogens with one attached hydrogen (secondary N) is 1. The highest BCUT2D eigenvalue weighted by Crippen LogP contribution is 2.26. The van der Waals surface area contributed by atoms with E-state index in [4.69, 9.17) is 34.8 Å². The van der Waals surface area contributed by atoms with Crippen LogP contribution in [0, 0.1) is 5.92 Å². The number of nitrogens with zero attached hydrogens (tertiary/aromatic N) is 2. The lowest BCUT2D eigenvalue weighted by Crippen LogP contribution is -2.23. The first-order valence-corrected chi connectivity index (χ1v) is 7.94. The van der Waals surface area contributed by atoms with Crippen LogP contribution in [0.3, 0.4) is 0 Å². The molecule has 0 saturated carbocycles. The van der Waals surface area contributed by atoms with E-state index in [0.717, 1.165) is 10.4 Å². The summed E-state index contributed by atoms with van der Waals surface area (Å²) in [5.41, 5.74) is 0.845. The van der Waals surface area contributed by atoms with E-state index in [1.54, 1.807) is 12.1 Å². The molecule has 0 aliphatic carbocycles. The molecule has 1 unspecified atom stereocenters. The minimum atomic E-state index is -0.485. The van der Waals surface area contributed by atoms with E-state index >= 15 is 0 Å². The van der Waals surface area contributed by atoms with Gasteiger partial charge in [0.15, 0.2) is 0 Å². The Morgan fingerprint density at radius 2 is 1.82 bits per heavy atom. The van der Waals surface area contributed by atoms with Crippen LogP contribution >= 0.6 is 34.8 Å². The second-order valence-corrected chi connectivity index (χ2v) is 6.56. The molecule has 0 aliphatic heterocycles. The van der Waals surface area contributed by atoms with Gasteiger partial charge in [-0.25, -0.2) is 0 Å². The summed E-state index contributed by atoms with van der Waals surface area (Å²) in [6.45, 7) is 6.33. The van der Waals surface area contributed by atoms with Crippen LogP contribution in [0.1, 0.15) is 20.8 Å². The second kappa shape index (κ2) is 6.90. The van der Waals surface area contributed by atoms with E-state index in [2.05, 4.69) is 31.2 Å². The molecule has 0 bridgehead atoms. The first-order chi connectivity index (χ1) is 10.3. The summed E-state index contributed by atoms with van der Waals surface area (Å²) in [4.78, 5) is 12.1. The summed E-state index contributed by atoms with van der Waals surface area (Å²) in [6, 6.07) is 5.50. The van der Waals surface area contributed by atoms with Gasteiger partial charge < -0.3 is 5.32 Å². The fourth-order valence-electron chi connectivity index (χ4n) is 1.76. The van der Waals surface area contributed by atoms with Gasteiger partial charge in [-0.15, -0.1) is 0 Å². The van der Waals surface area contributed by atoms with Crippen LogP contribution in [0.5, 0.6) is 0 Å². The molecule has 1 aromatic heterocycles. The lowest BCUT2D eigenvalue weighted by Gasteiger charge is -2.20. The van der Waals surface area contributed by atoms with Gasteiger partial charge in [0, 0.05) is 6.04 Å². The highest BCUT2D eigenvalue weighted by atomic mass is 35.5. The Morgan fingerprint density at radius 3 is 2.41 bits per heavy atom. The van der Waals surface area contributed by atoms with Crippen LogP contribution in [-0.2, 0) is 0 Å². The lowest BCUT2D eigenvalue weighted by molar-refractivity contribution is 0.560. The van der Waals surface area contributed by atoms with Gasteiger partial charge in [0.05, 0.1) is 27.6 Å². The average molecular weight is 361 g/mol. The molecule has 1 heterocycles. The van der Waals surface area contributed by atoms with Crippen molar-refractivity contribution >= 4 is 40.5 Å². The topological polar surface area (TPSA) is 46.9 Å². The van der Waals surface area contributed by atoms with Crippen LogP contribution in [0.25, 0.3) is 5.69 Å². The third kappa shape index (κ3) is 3.57. The summed E-state index contributed by atoms with van der Waals surface area (Å²) in [7, 11) is 0. The lowest BCUT2D eigenvalue weighted by atomic mass is 10.1. The minimum absolute atomic E-state index is 0.0663. The molecule has 1 atom stereocenters. The van der Waals surface area contributed by atoms with E-state index < -0.39 is 5.56 Å². The molecule has 0 aliphatic rings. The van der Waals surface area contributed by atoms with Gasteiger partial charge in [-0.1, -0.05) is 48.7 Å². The molecule has 4 nitrogen and oxygen atoms in total. The van der Waals surface area contributed by atoms with Gasteiger partial charge in [-0.05, 0) is 31.0 Å². The highest BCUT2D eigenvalue weighted by Gasteiger charge is 2.12. The molecule has 22 heavy (non-hydrogen) atoms. The average Bonchev–Trinajstić information content (AvgIpc) is 2.47. The minimum Gasteiger partial charge on any atom is -0.381 e. The Morgan fingerprint density at radius 1 is 1.14 bits per heavy atom. The first-order valence-electron chi connectivity index (χ1n) is 6.81. The fraction of sp³-hybridized carbons (Fsp3) is 0.333. The zero-order valence-corrected chi connectivity index (χ0v) is 14.7. The zero-order chi connectivity index (χ0) is 16.4. The van der Waals surface area contributed by atoms with Gasteiger partial charge in [-0.3, -0.25) is 4.79 Å². The Bertz CT molecular complexity index is 743. The van der Waals surface area contributed by atoms with Gasteiger partial charge >= 0.3 is 0 Å². The van der Waals surface area contributed by atoms with Crippen molar-refractivity contribution < 1.29 is 0 Å². The molecule has 118 valence electrons. The van der Waals surface area contributed by atoms with Crippen LogP contribution in [-0.4, -0.2) is 15.8 Å². The van der Waals surface area contributed by atoms with E-state index in [1.165, 1.54) is 6.20 Å². The monoisotopic (exact) mass is 359 g/mol. The normalized spacial score (nSPS) is 12.5. The van der Waals surface area contributed by atoms with Crippen molar-refractivity contribution in [3.63, 3.8) is 0 Å². The largest absolute Gasteiger partial charge is 0.381 e. The number of hydrogen-bond acceptors (Lipinski definition) is 3. The molecule has 0 spiro atoms. The smallest absolute Gasteiger partial charge is 0.291 e. The molecule has 0 amide bonds. The number of rotatable bonds is 4. The Balaban J connectivity index is 2.38. The van der Waals surface area contributed by atoms with Crippen molar-refractivity contribution in [3.05, 3.63) is 49.8 Å². The van der Waals surface area contributed by atoms with Crippen LogP contribution in [0.4, 0.5) is 5.69 Å². The highest BCUT2D eigenvalue weighted by molar-refractivity contribution is 6.41. The van der Waals surface area contributed by atoms with E-state index in [-0.39, 0.29) is 16.1 Å². The third-order valence-electron chi connectivity index (χ3n) is 3.46. The van der Waals surface area contributed by atoms with Gasteiger partial charge in [0.25, 0.3) is 5.56 Å². The number of halogens is 3. The van der Waals surface area contributed by atoms with E-state index in [9.17, 15) is 4.79 Å². The molecular formula is C15H16Cl3N3O. The molecule has 1 N–H and O–H groups in total. The molecule has 0 saturated heterocycles. The maximum Gasteiger partial charge on any atom is 0.291 e. The summed E-state index contributed by atoms with van der Waals surface area (Å²) in [6.07, 6.45) is 1.33. The van der Waals surface area contributed by atoms with Crippen molar-refractivity contribution in [2.45, 2.75) is 26.8 Å². The Kier molecular flexibility index (Phi) is 5.37. The number of aromatic nitrogens is 2. The molecular weight excluding hydrogens is 345 g/mol. The molecule has 0 fully saturated rings. The molecule has 1 aromatic carbocycles. The standard InChI is InChI=1S/C15H16Cl3N3O/c1-8(2)9(3)20-13-5-4-10(6-11(13)16)21-15(22)14(18)12(17)7-19-21/h4-9,20H,1-3H3. The van der Waals surface area contributed by atoms with Crippen molar-refractivity contribution in [2.24, 2.45) is 5.92 Å². The predicted molar refractivity (Wildman–Crippen MR) is 92.8 cm³/mol. The van der Waals surface area contributed by atoms with Crippen LogP contribution in [0.15, 0.2) is 29.2 Å². The summed E-state index contributed by atoms with van der Waals surface area (Å²) < 4.78 is 1.16. The summed E-state index contributed by atoms with van der Waals surface area (Å²) in [5.74, 6) is 0.468. The van der Waals surface area contributed by atoms with Crippen LogP contribution in [0.2, 0.25) is 15.1 Å². The Labute approximate surface area is 144 Å². The molecule has 2 rings (SSSR count). The van der Waals surface area contributed by atoms with Crippen molar-refractivity contribution in [2.75, 3.05) is 5.32 Å². The fourth-order valence-corrected chi connectivity index (χ4v) is 2.24. The third-order valence-corrected chi connectivity index (χ3v) is 4.52. The SMILES string of the molecule is CC(C)C(C)Nc1ccc(-n2ncc(Cl)c(Cl)c2=O)cc1Cl. The number of hydrogen-bond donors (Lipinski definition) is 1. The van der Waals surface area contributed by atoms with E-state index in [1.807, 2.05) is 6.07 Å². The second-order valence-electron chi connectivity index (χ2n) is 5.36. The first kappa shape index (κ1) is 17.1. The zero-order valence-electron chi connectivity index (χ0n) is 12.4. The predicted octanol–water partition coefficient (Wildman–Crippen LogP) is 4.65. The number of benzene rings is 1. The van der Waals surface area contributed by atoms with Crippen molar-refractivity contribution in [1.82, 2.24) is 9.78 Å². The molecule has 2 aromatic rings. The quantitative estimate of drug-likeness (QED) is 0.863. The maximum absolute atomic E-state index is 12.1. The van der Waals surface area contributed by atoms with Gasteiger partial charge in [-0.2, -0.15) is 9.78 Å². The van der Waals surface area contributed by atoms with Crippen molar-refractivity contribution in [1.29, 1.82) is 0 Å². The van der Waals surface area contributed by atoms with Gasteiger partial charge in [0.2, 0.25) is 0 Å². The summed E-state index contributed by atoms with van der Waals surface area (Å²) in [5, 5.41) is 7.88. The number of anilines is 1. The van der Waals surface area contributed by atoms with E-state index in [0.29, 0.717) is 16.6 Å². The maximum atomic E-state index is 12.1. The van der Waals surface area contributed by atoms with Crippen LogP contribution < -0.4 is 10.9 Å². The molecule has 7 heteroatoms. The van der Waals surface area contributed by atoms with Crippen molar-refractivity contribution in [3.8, 4) is 5.69 Å². The molecule has 0 radical (unpaired) electrons. The Hall–Kier alpha value is -1.23. The van der Waals surface area contributed by atoms with Gasteiger partial charge in [0.1, 0.15) is 5.02 Å².